The number of carbonyl (C=O) groups excluding carboxylic acids is 1. The lowest BCUT2D eigenvalue weighted by Gasteiger charge is -2.30. The first-order valence-electron chi connectivity index (χ1n) is 8.78. The van der Waals surface area contributed by atoms with Crippen molar-refractivity contribution in [3.8, 4) is 6.07 Å². The number of nitrogens with one attached hydrogen (secondary N) is 1. The maximum atomic E-state index is 12.8. The Kier molecular flexibility index (Phi) is 5.59. The molecule has 0 radical (unpaired) electrons. The number of amides is 1. The highest BCUT2D eigenvalue weighted by Gasteiger charge is 2.33. The zero-order chi connectivity index (χ0) is 19.4. The summed E-state index contributed by atoms with van der Waals surface area (Å²) in [6, 6.07) is 15.7. The molecule has 1 N–H and O–H groups in total. The summed E-state index contributed by atoms with van der Waals surface area (Å²) < 4.78 is 27.0. The monoisotopic (exact) mass is 383 g/mol. The van der Waals surface area contributed by atoms with Crippen LogP contribution in [-0.2, 0) is 14.8 Å². The number of rotatable bonds is 4. The van der Waals surface area contributed by atoms with Crippen molar-refractivity contribution in [1.29, 1.82) is 5.26 Å². The molecular weight excluding hydrogens is 362 g/mol. The Morgan fingerprint density at radius 3 is 2.37 bits per heavy atom. The summed E-state index contributed by atoms with van der Waals surface area (Å²) in [5.41, 5.74) is 1.99. The molecule has 1 saturated heterocycles. The van der Waals surface area contributed by atoms with Crippen LogP contribution in [0.15, 0.2) is 53.4 Å². The zero-order valence-corrected chi connectivity index (χ0v) is 15.9. The van der Waals surface area contributed by atoms with Gasteiger partial charge in [-0.05, 0) is 44.0 Å². The Morgan fingerprint density at radius 1 is 1.11 bits per heavy atom. The lowest BCUT2D eigenvalue weighted by molar-refractivity contribution is -0.120. The number of anilines is 1. The predicted octanol–water partition coefficient (Wildman–Crippen LogP) is 2.91. The first-order valence-corrected chi connectivity index (χ1v) is 10.2. The van der Waals surface area contributed by atoms with Crippen LogP contribution >= 0.6 is 0 Å². The van der Waals surface area contributed by atoms with Gasteiger partial charge in [0.05, 0.1) is 10.5 Å². The molecule has 1 amide bonds. The second kappa shape index (κ2) is 7.91. The second-order valence-corrected chi connectivity index (χ2v) is 8.55. The fourth-order valence-electron chi connectivity index (χ4n) is 3.16. The fraction of sp³-hybridized carbons (Fsp3) is 0.300. The standard InChI is InChI=1S/C20H21N3O3S/c1-15-6-8-18(9-7-15)22-20(24)16-10-12-23(13-11-16)27(25,26)19-5-3-2-4-17(19)14-21/h2-9,16H,10-13H2,1H3,(H,22,24). The number of nitriles is 1. The van der Waals surface area contributed by atoms with E-state index in [9.17, 15) is 13.2 Å². The van der Waals surface area contributed by atoms with E-state index < -0.39 is 10.0 Å². The number of piperidine rings is 1. The summed E-state index contributed by atoms with van der Waals surface area (Å²) in [6.45, 7) is 2.49. The van der Waals surface area contributed by atoms with Gasteiger partial charge in [0.2, 0.25) is 15.9 Å². The number of hydrogen-bond acceptors (Lipinski definition) is 4. The summed E-state index contributed by atoms with van der Waals surface area (Å²) in [5.74, 6) is -0.322. The topological polar surface area (TPSA) is 90.3 Å². The fourth-order valence-corrected chi connectivity index (χ4v) is 4.77. The molecule has 1 aliphatic rings. The van der Waals surface area contributed by atoms with Crippen molar-refractivity contribution >= 4 is 21.6 Å². The molecule has 27 heavy (non-hydrogen) atoms. The van der Waals surface area contributed by atoms with Crippen LogP contribution in [-0.4, -0.2) is 31.7 Å². The third kappa shape index (κ3) is 4.18. The lowest BCUT2D eigenvalue weighted by atomic mass is 9.97. The van der Waals surface area contributed by atoms with Gasteiger partial charge < -0.3 is 5.32 Å². The summed E-state index contributed by atoms with van der Waals surface area (Å²) >= 11 is 0. The van der Waals surface area contributed by atoms with Gasteiger partial charge in [-0.2, -0.15) is 9.57 Å². The SMILES string of the molecule is Cc1ccc(NC(=O)C2CCN(S(=O)(=O)c3ccccc3C#N)CC2)cc1. The molecule has 0 aromatic heterocycles. The highest BCUT2D eigenvalue weighted by Crippen LogP contribution is 2.26. The number of carbonyl (C=O) groups is 1. The third-order valence-electron chi connectivity index (χ3n) is 4.77. The quantitative estimate of drug-likeness (QED) is 0.879. The van der Waals surface area contributed by atoms with Gasteiger partial charge in [0.1, 0.15) is 6.07 Å². The van der Waals surface area contributed by atoms with Crippen molar-refractivity contribution in [3.63, 3.8) is 0 Å². The van der Waals surface area contributed by atoms with Gasteiger partial charge in [-0.15, -0.1) is 0 Å². The third-order valence-corrected chi connectivity index (χ3v) is 6.73. The largest absolute Gasteiger partial charge is 0.326 e. The molecule has 140 valence electrons. The molecule has 2 aromatic rings. The normalized spacial score (nSPS) is 15.9. The second-order valence-electron chi connectivity index (χ2n) is 6.64. The van der Waals surface area contributed by atoms with E-state index in [-0.39, 0.29) is 35.4 Å². The van der Waals surface area contributed by atoms with Crippen LogP contribution in [0.1, 0.15) is 24.0 Å². The van der Waals surface area contributed by atoms with E-state index in [4.69, 9.17) is 5.26 Å². The highest BCUT2D eigenvalue weighted by atomic mass is 32.2. The summed E-state index contributed by atoms with van der Waals surface area (Å²) in [4.78, 5) is 12.5. The number of nitrogens with zero attached hydrogens (tertiary/aromatic N) is 2. The van der Waals surface area contributed by atoms with Gasteiger partial charge in [-0.1, -0.05) is 29.8 Å². The molecule has 0 saturated carbocycles. The minimum atomic E-state index is -3.74. The highest BCUT2D eigenvalue weighted by molar-refractivity contribution is 7.89. The number of aryl methyl sites for hydroxylation is 1. The van der Waals surface area contributed by atoms with Crippen molar-refractivity contribution in [1.82, 2.24) is 4.31 Å². The van der Waals surface area contributed by atoms with Crippen molar-refractivity contribution in [2.75, 3.05) is 18.4 Å². The van der Waals surface area contributed by atoms with Gasteiger partial charge in [0.15, 0.2) is 0 Å². The molecule has 6 nitrogen and oxygen atoms in total. The van der Waals surface area contributed by atoms with Crippen LogP contribution in [0.5, 0.6) is 0 Å². The lowest BCUT2D eigenvalue weighted by Crippen LogP contribution is -2.41. The van der Waals surface area contributed by atoms with E-state index in [1.54, 1.807) is 12.1 Å². The Hall–Kier alpha value is -2.69. The van der Waals surface area contributed by atoms with E-state index in [0.29, 0.717) is 12.8 Å². The molecule has 0 bridgehead atoms. The first kappa shape index (κ1) is 19.1. The zero-order valence-electron chi connectivity index (χ0n) is 15.1. The molecule has 7 heteroatoms. The Bertz CT molecular complexity index is 970. The predicted molar refractivity (Wildman–Crippen MR) is 102 cm³/mol. The van der Waals surface area contributed by atoms with Crippen LogP contribution in [0.2, 0.25) is 0 Å². The minimum absolute atomic E-state index is 0.0232. The molecule has 1 fully saturated rings. The minimum Gasteiger partial charge on any atom is -0.326 e. The molecule has 0 atom stereocenters. The molecule has 0 aliphatic carbocycles. The molecule has 0 unspecified atom stereocenters. The van der Waals surface area contributed by atoms with E-state index in [1.165, 1.54) is 16.4 Å². The number of sulfonamides is 1. The maximum absolute atomic E-state index is 12.8. The smallest absolute Gasteiger partial charge is 0.244 e. The van der Waals surface area contributed by atoms with E-state index in [1.807, 2.05) is 37.3 Å². The average Bonchev–Trinajstić information content (AvgIpc) is 2.69. The van der Waals surface area contributed by atoms with Gasteiger partial charge in [-0.3, -0.25) is 4.79 Å². The van der Waals surface area contributed by atoms with Crippen molar-refractivity contribution in [2.24, 2.45) is 5.92 Å². The van der Waals surface area contributed by atoms with E-state index in [0.717, 1.165) is 11.3 Å². The number of benzene rings is 2. The van der Waals surface area contributed by atoms with Crippen molar-refractivity contribution in [2.45, 2.75) is 24.7 Å². The molecule has 2 aromatic carbocycles. The molecule has 1 aliphatic heterocycles. The molecule has 0 spiro atoms. The van der Waals surface area contributed by atoms with Crippen LogP contribution in [0.4, 0.5) is 5.69 Å². The molecule has 3 rings (SSSR count). The van der Waals surface area contributed by atoms with Crippen LogP contribution in [0.3, 0.4) is 0 Å². The Morgan fingerprint density at radius 2 is 1.74 bits per heavy atom. The first-order chi connectivity index (χ1) is 12.9. The Balaban J connectivity index is 1.65. The van der Waals surface area contributed by atoms with E-state index in [2.05, 4.69) is 5.32 Å². The van der Waals surface area contributed by atoms with Crippen LogP contribution < -0.4 is 5.32 Å². The number of hydrogen-bond donors (Lipinski definition) is 1. The molecular formula is C20H21N3O3S. The summed E-state index contributed by atoms with van der Waals surface area (Å²) in [5, 5.41) is 12.1. The van der Waals surface area contributed by atoms with E-state index >= 15 is 0 Å². The summed E-state index contributed by atoms with van der Waals surface area (Å²) in [7, 11) is -3.74. The average molecular weight is 383 g/mol. The van der Waals surface area contributed by atoms with Crippen LogP contribution in [0, 0.1) is 24.2 Å². The summed E-state index contributed by atoms with van der Waals surface area (Å²) in [6.07, 6.45) is 0.900. The van der Waals surface area contributed by atoms with Crippen molar-refractivity contribution < 1.29 is 13.2 Å². The maximum Gasteiger partial charge on any atom is 0.244 e. The van der Waals surface area contributed by atoms with Gasteiger partial charge in [-0.25, -0.2) is 8.42 Å². The van der Waals surface area contributed by atoms with Gasteiger partial charge >= 0.3 is 0 Å². The van der Waals surface area contributed by atoms with Crippen molar-refractivity contribution in [3.05, 3.63) is 59.7 Å². The Labute approximate surface area is 159 Å². The molecule has 1 heterocycles. The van der Waals surface area contributed by atoms with Gasteiger partial charge in [0, 0.05) is 24.7 Å². The van der Waals surface area contributed by atoms with Gasteiger partial charge in [0.25, 0.3) is 0 Å². The van der Waals surface area contributed by atoms with Crippen LogP contribution in [0.25, 0.3) is 0 Å².